The first-order chi connectivity index (χ1) is 11.8. The standard InChI is InChI=1S/C20H31N3O.HI/c1-2-21-20(22-12-10-19-9-6-14-24-19)23-13-11-18(16-23)15-17-7-4-3-5-8-17;/h3-5,7-8,18-19H,2,6,9-16H2,1H3,(H,21,22);1H. The smallest absolute Gasteiger partial charge is 0.193 e. The molecule has 0 bridgehead atoms. The van der Waals surface area contributed by atoms with Crippen molar-refractivity contribution in [1.29, 1.82) is 0 Å². The van der Waals surface area contributed by atoms with Gasteiger partial charge in [-0.2, -0.15) is 0 Å². The summed E-state index contributed by atoms with van der Waals surface area (Å²) in [5.74, 6) is 1.82. The van der Waals surface area contributed by atoms with Gasteiger partial charge in [0, 0.05) is 32.8 Å². The summed E-state index contributed by atoms with van der Waals surface area (Å²) >= 11 is 0. The summed E-state index contributed by atoms with van der Waals surface area (Å²) in [7, 11) is 0. The van der Waals surface area contributed by atoms with Gasteiger partial charge in [0.2, 0.25) is 0 Å². The predicted molar refractivity (Wildman–Crippen MR) is 115 cm³/mol. The average molecular weight is 457 g/mol. The molecule has 2 heterocycles. The lowest BCUT2D eigenvalue weighted by molar-refractivity contribution is 0.106. The monoisotopic (exact) mass is 457 g/mol. The van der Waals surface area contributed by atoms with E-state index in [9.17, 15) is 0 Å². The Labute approximate surface area is 169 Å². The van der Waals surface area contributed by atoms with Crippen molar-refractivity contribution in [1.82, 2.24) is 10.2 Å². The fourth-order valence-corrected chi connectivity index (χ4v) is 3.75. The fraction of sp³-hybridized carbons (Fsp3) is 0.650. The maximum atomic E-state index is 5.70. The van der Waals surface area contributed by atoms with Gasteiger partial charge in [0.15, 0.2) is 5.96 Å². The number of aliphatic imine (C=N–C) groups is 1. The number of hydrogen-bond acceptors (Lipinski definition) is 2. The molecule has 0 aliphatic carbocycles. The van der Waals surface area contributed by atoms with Crippen LogP contribution in [0.3, 0.4) is 0 Å². The minimum atomic E-state index is 0. The van der Waals surface area contributed by atoms with Crippen molar-refractivity contribution in [3.8, 4) is 0 Å². The Morgan fingerprint density at radius 1 is 1.28 bits per heavy atom. The van der Waals surface area contributed by atoms with E-state index < -0.39 is 0 Å². The van der Waals surface area contributed by atoms with E-state index in [1.54, 1.807) is 0 Å². The Bertz CT molecular complexity index is 517. The molecule has 2 fully saturated rings. The van der Waals surface area contributed by atoms with Crippen LogP contribution in [0.5, 0.6) is 0 Å². The Morgan fingerprint density at radius 3 is 2.84 bits per heavy atom. The molecule has 4 nitrogen and oxygen atoms in total. The molecule has 1 N–H and O–H groups in total. The van der Waals surface area contributed by atoms with Crippen LogP contribution in [0.15, 0.2) is 35.3 Å². The van der Waals surface area contributed by atoms with Crippen molar-refractivity contribution < 1.29 is 4.74 Å². The SMILES string of the molecule is CCNC(=NCCC1CCCO1)N1CCC(Cc2ccccc2)C1.I. The zero-order valence-corrected chi connectivity index (χ0v) is 17.7. The highest BCUT2D eigenvalue weighted by Crippen LogP contribution is 2.21. The Hall–Kier alpha value is -0.820. The van der Waals surface area contributed by atoms with Crippen LogP contribution in [0.25, 0.3) is 0 Å². The minimum absolute atomic E-state index is 0. The van der Waals surface area contributed by atoms with Crippen LogP contribution < -0.4 is 5.32 Å². The van der Waals surface area contributed by atoms with E-state index in [4.69, 9.17) is 9.73 Å². The molecule has 1 aromatic rings. The quantitative estimate of drug-likeness (QED) is 0.402. The number of rotatable bonds is 6. The third-order valence-corrected chi connectivity index (χ3v) is 5.02. The van der Waals surface area contributed by atoms with Gasteiger partial charge in [-0.15, -0.1) is 24.0 Å². The molecule has 0 amide bonds. The van der Waals surface area contributed by atoms with Gasteiger partial charge < -0.3 is 15.0 Å². The maximum Gasteiger partial charge on any atom is 0.193 e. The van der Waals surface area contributed by atoms with Crippen LogP contribution >= 0.6 is 24.0 Å². The van der Waals surface area contributed by atoms with Gasteiger partial charge in [0.25, 0.3) is 0 Å². The van der Waals surface area contributed by atoms with Gasteiger partial charge in [-0.1, -0.05) is 30.3 Å². The number of benzene rings is 1. The highest BCUT2D eigenvalue weighted by Gasteiger charge is 2.25. The first-order valence-corrected chi connectivity index (χ1v) is 9.54. The molecule has 2 aliphatic heterocycles. The van der Waals surface area contributed by atoms with Crippen molar-refractivity contribution in [3.05, 3.63) is 35.9 Å². The number of nitrogens with one attached hydrogen (secondary N) is 1. The van der Waals surface area contributed by atoms with E-state index >= 15 is 0 Å². The van der Waals surface area contributed by atoms with Gasteiger partial charge in [-0.25, -0.2) is 0 Å². The number of likely N-dealkylation sites (tertiary alicyclic amines) is 1. The lowest BCUT2D eigenvalue weighted by Crippen LogP contribution is -2.40. The minimum Gasteiger partial charge on any atom is -0.378 e. The summed E-state index contributed by atoms with van der Waals surface area (Å²) in [5.41, 5.74) is 1.45. The first kappa shape index (κ1) is 20.5. The third kappa shape index (κ3) is 6.44. The summed E-state index contributed by atoms with van der Waals surface area (Å²) in [4.78, 5) is 7.29. The fourth-order valence-electron chi connectivity index (χ4n) is 3.75. The summed E-state index contributed by atoms with van der Waals surface area (Å²) in [6.45, 7) is 7.10. The van der Waals surface area contributed by atoms with Crippen LogP contribution in [0.1, 0.15) is 38.2 Å². The van der Waals surface area contributed by atoms with Crippen molar-refractivity contribution in [2.24, 2.45) is 10.9 Å². The van der Waals surface area contributed by atoms with Crippen LogP contribution in [-0.2, 0) is 11.2 Å². The van der Waals surface area contributed by atoms with Crippen molar-refractivity contribution in [3.63, 3.8) is 0 Å². The van der Waals surface area contributed by atoms with Crippen LogP contribution in [0, 0.1) is 5.92 Å². The average Bonchev–Trinajstić information content (AvgIpc) is 3.27. The molecule has 3 rings (SSSR count). The number of halogens is 1. The molecule has 2 aliphatic rings. The third-order valence-electron chi connectivity index (χ3n) is 5.02. The van der Waals surface area contributed by atoms with Crippen molar-refractivity contribution in [2.75, 3.05) is 32.8 Å². The normalized spacial score (nSPS) is 23.6. The Morgan fingerprint density at radius 2 is 2.12 bits per heavy atom. The number of ether oxygens (including phenoxy) is 1. The molecule has 140 valence electrons. The summed E-state index contributed by atoms with van der Waals surface area (Å²) in [6.07, 6.45) is 6.32. The van der Waals surface area contributed by atoms with Gasteiger partial charge >= 0.3 is 0 Å². The van der Waals surface area contributed by atoms with Gasteiger partial charge in [0.05, 0.1) is 6.10 Å². The maximum absolute atomic E-state index is 5.70. The molecular weight excluding hydrogens is 425 g/mol. The molecule has 0 radical (unpaired) electrons. The first-order valence-electron chi connectivity index (χ1n) is 9.54. The van der Waals surface area contributed by atoms with Gasteiger partial charge in [-0.3, -0.25) is 4.99 Å². The summed E-state index contributed by atoms with van der Waals surface area (Å²) in [6, 6.07) is 10.8. The number of nitrogens with zero attached hydrogens (tertiary/aromatic N) is 2. The summed E-state index contributed by atoms with van der Waals surface area (Å²) < 4.78 is 5.70. The molecule has 1 aromatic carbocycles. The molecule has 5 heteroatoms. The number of hydrogen-bond donors (Lipinski definition) is 1. The molecular formula is C20H32IN3O. The molecule has 2 saturated heterocycles. The highest BCUT2D eigenvalue weighted by atomic mass is 127. The van der Waals surface area contributed by atoms with E-state index in [1.807, 2.05) is 0 Å². The van der Waals surface area contributed by atoms with E-state index in [1.165, 1.54) is 31.2 Å². The molecule has 2 atom stereocenters. The number of guanidine groups is 1. The van der Waals surface area contributed by atoms with Crippen molar-refractivity contribution >= 4 is 29.9 Å². The predicted octanol–water partition coefficient (Wildman–Crippen LogP) is 3.70. The lowest BCUT2D eigenvalue weighted by Gasteiger charge is -2.22. The van der Waals surface area contributed by atoms with Gasteiger partial charge in [-0.05, 0) is 50.5 Å². The second-order valence-electron chi connectivity index (χ2n) is 6.95. The largest absolute Gasteiger partial charge is 0.378 e. The van der Waals surface area contributed by atoms with Crippen LogP contribution in [0.2, 0.25) is 0 Å². The van der Waals surface area contributed by atoms with E-state index in [0.717, 1.165) is 51.1 Å². The molecule has 0 saturated carbocycles. The Balaban J connectivity index is 0.00000225. The lowest BCUT2D eigenvalue weighted by atomic mass is 9.99. The van der Waals surface area contributed by atoms with Crippen LogP contribution in [-0.4, -0.2) is 49.7 Å². The zero-order chi connectivity index (χ0) is 16.6. The molecule has 0 aromatic heterocycles. The van der Waals surface area contributed by atoms with E-state index in [-0.39, 0.29) is 24.0 Å². The van der Waals surface area contributed by atoms with Gasteiger partial charge in [0.1, 0.15) is 0 Å². The molecule has 25 heavy (non-hydrogen) atoms. The van der Waals surface area contributed by atoms with E-state index in [2.05, 4.69) is 47.5 Å². The second-order valence-corrected chi connectivity index (χ2v) is 6.95. The highest BCUT2D eigenvalue weighted by molar-refractivity contribution is 14.0. The molecule has 0 spiro atoms. The molecule has 2 unspecified atom stereocenters. The summed E-state index contributed by atoms with van der Waals surface area (Å²) in [5, 5.41) is 3.47. The van der Waals surface area contributed by atoms with E-state index in [0.29, 0.717) is 6.10 Å². The van der Waals surface area contributed by atoms with Crippen LogP contribution in [0.4, 0.5) is 0 Å². The second kappa shape index (κ2) is 11.0. The van der Waals surface area contributed by atoms with Crippen molar-refractivity contribution in [2.45, 2.75) is 45.1 Å². The Kier molecular flexibility index (Phi) is 9.03. The topological polar surface area (TPSA) is 36.9 Å². The zero-order valence-electron chi connectivity index (χ0n) is 15.3.